The summed E-state index contributed by atoms with van der Waals surface area (Å²) in [6.45, 7) is 2.51. The topological polar surface area (TPSA) is 45.2 Å². The zero-order chi connectivity index (χ0) is 16.9. The molecule has 2 aromatic rings. The third-order valence-corrected chi connectivity index (χ3v) is 4.53. The van der Waals surface area contributed by atoms with Crippen LogP contribution in [-0.4, -0.2) is 22.5 Å². The highest BCUT2D eigenvalue weighted by Gasteiger charge is 2.27. The van der Waals surface area contributed by atoms with Crippen LogP contribution in [0.3, 0.4) is 0 Å². The monoisotopic (exact) mass is 327 g/mol. The highest BCUT2D eigenvalue weighted by molar-refractivity contribution is 5.90. The van der Waals surface area contributed by atoms with Gasteiger partial charge in [-0.1, -0.05) is 12.8 Å². The number of carbonyl (C=O) groups is 1. The van der Waals surface area contributed by atoms with Crippen molar-refractivity contribution >= 4 is 11.7 Å². The Hall–Kier alpha value is -2.43. The van der Waals surface area contributed by atoms with Crippen LogP contribution in [0.4, 0.5) is 14.9 Å². The summed E-state index contributed by atoms with van der Waals surface area (Å²) in [6, 6.07) is 8.27. The van der Waals surface area contributed by atoms with Gasteiger partial charge in [0.25, 0.3) is 0 Å². The average Bonchev–Trinajstić information content (AvgIpc) is 2.84. The number of hydrogen-bond donors (Lipinski definition) is 1. The van der Waals surface area contributed by atoms with Crippen LogP contribution in [0.5, 0.6) is 0 Å². The number of rotatable bonds is 2. The van der Waals surface area contributed by atoms with Gasteiger partial charge in [0.1, 0.15) is 5.82 Å². The van der Waals surface area contributed by atoms with Crippen LogP contribution in [0.15, 0.2) is 42.7 Å². The molecule has 1 aliphatic heterocycles. The van der Waals surface area contributed by atoms with Gasteiger partial charge >= 0.3 is 6.03 Å². The number of likely N-dealkylation sites (tertiary alicyclic amines) is 1. The van der Waals surface area contributed by atoms with Crippen LogP contribution in [0, 0.1) is 12.7 Å². The molecule has 1 saturated heterocycles. The molecule has 1 fully saturated rings. The van der Waals surface area contributed by atoms with Gasteiger partial charge in [0.15, 0.2) is 0 Å². The molecule has 1 aromatic carbocycles. The third-order valence-electron chi connectivity index (χ3n) is 4.53. The molecule has 0 unspecified atom stereocenters. The highest BCUT2D eigenvalue weighted by Crippen LogP contribution is 2.30. The van der Waals surface area contributed by atoms with Gasteiger partial charge in [-0.2, -0.15) is 0 Å². The number of aryl methyl sites for hydroxylation is 1. The fourth-order valence-corrected chi connectivity index (χ4v) is 3.24. The van der Waals surface area contributed by atoms with Crippen LogP contribution < -0.4 is 5.32 Å². The van der Waals surface area contributed by atoms with Crippen molar-refractivity contribution in [2.24, 2.45) is 0 Å². The van der Waals surface area contributed by atoms with Crippen LogP contribution in [0.2, 0.25) is 0 Å². The number of aromatic nitrogens is 1. The minimum atomic E-state index is -0.296. The SMILES string of the molecule is Cc1cc(F)ccc1NC(=O)N1CCCCC[C@H]1c1ccncc1. The lowest BCUT2D eigenvalue weighted by atomic mass is 10.0. The average molecular weight is 327 g/mol. The first-order valence-corrected chi connectivity index (χ1v) is 8.39. The third kappa shape index (κ3) is 3.72. The maximum atomic E-state index is 13.2. The van der Waals surface area contributed by atoms with Gasteiger partial charge in [-0.05, 0) is 61.2 Å². The number of nitrogens with one attached hydrogen (secondary N) is 1. The van der Waals surface area contributed by atoms with Crippen LogP contribution in [-0.2, 0) is 0 Å². The van der Waals surface area contributed by atoms with Crippen molar-refractivity contribution in [1.29, 1.82) is 0 Å². The number of hydrogen-bond acceptors (Lipinski definition) is 2. The summed E-state index contributed by atoms with van der Waals surface area (Å²) < 4.78 is 13.2. The zero-order valence-electron chi connectivity index (χ0n) is 13.8. The van der Waals surface area contributed by atoms with Crippen molar-refractivity contribution in [1.82, 2.24) is 9.88 Å². The van der Waals surface area contributed by atoms with E-state index >= 15 is 0 Å². The molecule has 0 radical (unpaired) electrons. The van der Waals surface area contributed by atoms with E-state index in [0.717, 1.165) is 43.4 Å². The Kier molecular flexibility index (Phi) is 5.08. The van der Waals surface area contributed by atoms with Crippen molar-refractivity contribution in [2.75, 3.05) is 11.9 Å². The standard InChI is InChI=1S/C19H22FN3O/c1-14-13-16(20)6-7-17(14)22-19(24)23-12-4-2-3-5-18(23)15-8-10-21-11-9-15/h6-11,13,18H,2-5,12H2,1H3,(H,22,24)/t18-/m0/s1. The van der Waals surface area contributed by atoms with E-state index in [-0.39, 0.29) is 17.9 Å². The Labute approximate surface area is 141 Å². The van der Waals surface area contributed by atoms with E-state index in [9.17, 15) is 9.18 Å². The summed E-state index contributed by atoms with van der Waals surface area (Å²) in [5, 5.41) is 2.94. The van der Waals surface area contributed by atoms with Gasteiger partial charge < -0.3 is 10.2 Å². The second-order valence-electron chi connectivity index (χ2n) is 6.23. The van der Waals surface area contributed by atoms with E-state index in [1.807, 2.05) is 17.0 Å². The molecule has 24 heavy (non-hydrogen) atoms. The van der Waals surface area contributed by atoms with Gasteiger partial charge in [0.05, 0.1) is 6.04 Å². The van der Waals surface area contributed by atoms with Crippen molar-refractivity contribution in [3.8, 4) is 0 Å². The van der Waals surface area contributed by atoms with Crippen molar-refractivity contribution < 1.29 is 9.18 Å². The number of anilines is 1. The Morgan fingerprint density at radius 1 is 1.21 bits per heavy atom. The summed E-state index contributed by atoms with van der Waals surface area (Å²) >= 11 is 0. The summed E-state index contributed by atoms with van der Waals surface area (Å²) in [4.78, 5) is 18.8. The number of urea groups is 1. The van der Waals surface area contributed by atoms with Crippen LogP contribution in [0.1, 0.15) is 42.9 Å². The second kappa shape index (κ2) is 7.43. The number of benzene rings is 1. The van der Waals surface area contributed by atoms with Crippen LogP contribution in [0.25, 0.3) is 0 Å². The largest absolute Gasteiger partial charge is 0.322 e. The van der Waals surface area contributed by atoms with E-state index in [4.69, 9.17) is 0 Å². The molecule has 126 valence electrons. The molecule has 1 aromatic heterocycles. The van der Waals surface area contributed by atoms with Gasteiger partial charge in [0, 0.05) is 24.6 Å². The number of pyridine rings is 1. The predicted molar refractivity (Wildman–Crippen MR) is 92.3 cm³/mol. The first-order chi connectivity index (χ1) is 11.6. The fourth-order valence-electron chi connectivity index (χ4n) is 3.24. The lowest BCUT2D eigenvalue weighted by molar-refractivity contribution is 0.189. The molecule has 4 nitrogen and oxygen atoms in total. The molecule has 2 amide bonds. The van der Waals surface area contributed by atoms with Gasteiger partial charge in [-0.3, -0.25) is 4.98 Å². The smallest absolute Gasteiger partial charge is 0.317 e. The lowest BCUT2D eigenvalue weighted by Crippen LogP contribution is -2.38. The maximum absolute atomic E-state index is 13.2. The Bertz CT molecular complexity index is 705. The predicted octanol–water partition coefficient (Wildman–Crippen LogP) is 4.68. The second-order valence-corrected chi connectivity index (χ2v) is 6.23. The maximum Gasteiger partial charge on any atom is 0.322 e. The van der Waals surface area contributed by atoms with Gasteiger partial charge in [-0.15, -0.1) is 0 Å². The first kappa shape index (κ1) is 16.4. The Morgan fingerprint density at radius 3 is 2.75 bits per heavy atom. The molecule has 3 rings (SSSR count). The van der Waals surface area contributed by atoms with E-state index in [0.29, 0.717) is 5.69 Å². The molecule has 0 saturated carbocycles. The van der Waals surface area contributed by atoms with Gasteiger partial charge in [0.2, 0.25) is 0 Å². The molecule has 0 spiro atoms. The van der Waals surface area contributed by atoms with Crippen molar-refractivity contribution in [3.63, 3.8) is 0 Å². The molecule has 2 heterocycles. The normalized spacial score (nSPS) is 18.1. The van der Waals surface area contributed by atoms with Gasteiger partial charge in [-0.25, -0.2) is 9.18 Å². The number of amides is 2. The first-order valence-electron chi connectivity index (χ1n) is 8.39. The van der Waals surface area contributed by atoms with E-state index < -0.39 is 0 Å². The summed E-state index contributed by atoms with van der Waals surface area (Å²) in [5.74, 6) is -0.296. The van der Waals surface area contributed by atoms with E-state index in [1.165, 1.54) is 12.1 Å². The lowest BCUT2D eigenvalue weighted by Gasteiger charge is -2.30. The fraction of sp³-hybridized carbons (Fsp3) is 0.368. The minimum absolute atomic E-state index is 0.0521. The molecule has 1 aliphatic rings. The minimum Gasteiger partial charge on any atom is -0.317 e. The van der Waals surface area contributed by atoms with E-state index in [2.05, 4.69) is 10.3 Å². The van der Waals surface area contributed by atoms with Crippen molar-refractivity contribution in [3.05, 3.63) is 59.7 Å². The molecule has 5 heteroatoms. The van der Waals surface area contributed by atoms with Crippen LogP contribution >= 0.6 is 0 Å². The zero-order valence-corrected chi connectivity index (χ0v) is 13.8. The molecule has 0 bridgehead atoms. The molecule has 1 atom stereocenters. The number of halogens is 1. The molecular weight excluding hydrogens is 305 g/mol. The van der Waals surface area contributed by atoms with Crippen molar-refractivity contribution in [2.45, 2.75) is 38.6 Å². The summed E-state index contributed by atoms with van der Waals surface area (Å²) in [7, 11) is 0. The molecule has 1 N–H and O–H groups in total. The number of nitrogens with zero attached hydrogens (tertiary/aromatic N) is 2. The summed E-state index contributed by atoms with van der Waals surface area (Å²) in [5.41, 5.74) is 2.48. The number of carbonyl (C=O) groups excluding carboxylic acids is 1. The molecular formula is C19H22FN3O. The Balaban J connectivity index is 1.82. The molecule has 0 aliphatic carbocycles. The summed E-state index contributed by atoms with van der Waals surface area (Å²) in [6.07, 6.45) is 7.70. The Morgan fingerprint density at radius 2 is 2.00 bits per heavy atom. The van der Waals surface area contributed by atoms with E-state index in [1.54, 1.807) is 25.4 Å². The quantitative estimate of drug-likeness (QED) is 0.870. The highest BCUT2D eigenvalue weighted by atomic mass is 19.1.